The molecule has 1 heteroatoms. The van der Waals surface area contributed by atoms with Gasteiger partial charge < -0.3 is 0 Å². The number of hydrogen-bond acceptors (Lipinski definition) is 1. The maximum Gasteiger partial charge on any atom is 0.138 e. The molecule has 0 aliphatic rings. The molecular weight excluding hydrogens is 316 g/mol. The van der Waals surface area contributed by atoms with E-state index in [9.17, 15) is 4.79 Å². The second-order valence-electron chi connectivity index (χ2n) is 8.31. The fraction of sp³-hybridized carbons (Fsp3) is 0.480. The molecule has 0 spiro atoms. The summed E-state index contributed by atoms with van der Waals surface area (Å²) in [5.74, 6) is 1.44. The van der Waals surface area contributed by atoms with E-state index in [1.54, 1.807) is 0 Å². The number of ketones is 1. The van der Waals surface area contributed by atoms with Gasteiger partial charge in [-0.05, 0) is 49.7 Å². The highest BCUT2D eigenvalue weighted by Gasteiger charge is 2.24. The summed E-state index contributed by atoms with van der Waals surface area (Å²) >= 11 is 0. The Morgan fingerprint density at radius 3 is 1.46 bits per heavy atom. The van der Waals surface area contributed by atoms with E-state index in [0.29, 0.717) is 17.6 Å². The van der Waals surface area contributed by atoms with E-state index >= 15 is 0 Å². The number of carbonyl (C=O) groups is 1. The van der Waals surface area contributed by atoms with Crippen LogP contribution in [0.3, 0.4) is 0 Å². The van der Waals surface area contributed by atoms with Crippen molar-refractivity contribution in [3.63, 3.8) is 0 Å². The van der Waals surface area contributed by atoms with Crippen molar-refractivity contribution in [3.8, 4) is 0 Å². The zero-order chi connectivity index (χ0) is 19.3. The third kappa shape index (κ3) is 5.56. The molecule has 0 amide bonds. The van der Waals surface area contributed by atoms with E-state index in [1.807, 2.05) is 0 Å². The minimum absolute atomic E-state index is 0.102. The number of carbonyl (C=O) groups excluding carboxylic acids is 1. The average Bonchev–Trinajstić information content (AvgIpc) is 2.60. The molecule has 0 heterocycles. The number of aryl methyl sites for hydroxylation is 2. The number of hydrogen-bond donors (Lipinski definition) is 0. The number of Topliss-reactive ketones (excluding diaryl/α,β-unsaturated/α-hetero) is 1. The minimum atomic E-state index is 0.102. The van der Waals surface area contributed by atoms with Crippen molar-refractivity contribution in [2.45, 2.75) is 66.2 Å². The Balaban J connectivity index is 1.94. The summed E-state index contributed by atoms with van der Waals surface area (Å²) in [6.07, 6.45) is 1.84. The van der Waals surface area contributed by atoms with E-state index in [0.717, 1.165) is 12.8 Å². The molecule has 140 valence electrons. The minimum Gasteiger partial charge on any atom is -0.299 e. The standard InChI is InChI=1S/C25H34O/c1-17-9-7-11-23(13-17)19(3)15-21(5)25(26)22(6)16-20(4)24-12-8-10-18(2)14-24/h7-14,19-22H,15-16H2,1-6H3. The molecule has 0 saturated heterocycles. The van der Waals surface area contributed by atoms with E-state index in [4.69, 9.17) is 0 Å². The average molecular weight is 351 g/mol. The molecular formula is C25H34O. The van der Waals surface area contributed by atoms with Crippen LogP contribution in [0.5, 0.6) is 0 Å². The molecule has 2 rings (SSSR count). The van der Waals surface area contributed by atoms with Crippen molar-refractivity contribution in [2.24, 2.45) is 11.8 Å². The van der Waals surface area contributed by atoms with Gasteiger partial charge in [0, 0.05) is 11.8 Å². The Morgan fingerprint density at radius 1 is 0.731 bits per heavy atom. The molecule has 2 aromatic rings. The van der Waals surface area contributed by atoms with Crippen molar-refractivity contribution in [2.75, 3.05) is 0 Å². The van der Waals surface area contributed by atoms with E-state index in [-0.39, 0.29) is 11.8 Å². The van der Waals surface area contributed by atoms with Gasteiger partial charge in [0.1, 0.15) is 5.78 Å². The summed E-state index contributed by atoms with van der Waals surface area (Å²) in [5, 5.41) is 0. The quantitative estimate of drug-likeness (QED) is 0.510. The zero-order valence-corrected chi connectivity index (χ0v) is 17.3. The second kappa shape index (κ2) is 9.16. The molecule has 0 bridgehead atoms. The van der Waals surface area contributed by atoms with Gasteiger partial charge in [-0.2, -0.15) is 0 Å². The highest BCUT2D eigenvalue weighted by Crippen LogP contribution is 2.29. The zero-order valence-electron chi connectivity index (χ0n) is 17.3. The fourth-order valence-electron chi connectivity index (χ4n) is 4.00. The molecule has 0 fully saturated rings. The van der Waals surface area contributed by atoms with Gasteiger partial charge in [-0.3, -0.25) is 4.79 Å². The molecule has 2 aromatic carbocycles. The van der Waals surface area contributed by atoms with Crippen LogP contribution < -0.4 is 0 Å². The number of benzene rings is 2. The SMILES string of the molecule is Cc1cccc(C(C)CC(C)C(=O)C(C)CC(C)c2cccc(C)c2)c1. The van der Waals surface area contributed by atoms with E-state index < -0.39 is 0 Å². The lowest BCUT2D eigenvalue weighted by molar-refractivity contribution is -0.126. The Morgan fingerprint density at radius 2 is 1.12 bits per heavy atom. The molecule has 0 aliphatic heterocycles. The predicted molar refractivity (Wildman–Crippen MR) is 112 cm³/mol. The van der Waals surface area contributed by atoms with Gasteiger partial charge in [-0.15, -0.1) is 0 Å². The van der Waals surface area contributed by atoms with Crippen LogP contribution >= 0.6 is 0 Å². The van der Waals surface area contributed by atoms with Gasteiger partial charge in [-0.1, -0.05) is 87.4 Å². The first-order chi connectivity index (χ1) is 12.3. The van der Waals surface area contributed by atoms with Crippen LogP contribution in [-0.2, 0) is 4.79 Å². The fourth-order valence-corrected chi connectivity index (χ4v) is 4.00. The van der Waals surface area contributed by atoms with E-state index in [1.165, 1.54) is 22.3 Å². The highest BCUT2D eigenvalue weighted by molar-refractivity contribution is 5.82. The van der Waals surface area contributed by atoms with Crippen LogP contribution in [0.25, 0.3) is 0 Å². The molecule has 26 heavy (non-hydrogen) atoms. The largest absolute Gasteiger partial charge is 0.299 e. The Hall–Kier alpha value is -1.89. The van der Waals surface area contributed by atoms with Gasteiger partial charge in [0.2, 0.25) is 0 Å². The molecule has 1 nitrogen and oxygen atoms in total. The van der Waals surface area contributed by atoms with Gasteiger partial charge in [0.05, 0.1) is 0 Å². The predicted octanol–water partition coefficient (Wildman–Crippen LogP) is 6.83. The highest BCUT2D eigenvalue weighted by atomic mass is 16.1. The Labute approximate surface area is 159 Å². The lowest BCUT2D eigenvalue weighted by atomic mass is 9.81. The summed E-state index contributed by atoms with van der Waals surface area (Å²) in [5.41, 5.74) is 5.25. The lowest BCUT2D eigenvalue weighted by Crippen LogP contribution is -2.22. The summed E-state index contributed by atoms with van der Waals surface area (Å²) in [6.45, 7) is 12.9. The van der Waals surface area contributed by atoms with Crippen LogP contribution in [-0.4, -0.2) is 5.78 Å². The maximum absolute atomic E-state index is 12.9. The van der Waals surface area contributed by atoms with Crippen molar-refractivity contribution in [1.82, 2.24) is 0 Å². The molecule has 0 radical (unpaired) electrons. The maximum atomic E-state index is 12.9. The van der Waals surface area contributed by atoms with Crippen LogP contribution in [0.2, 0.25) is 0 Å². The number of rotatable bonds is 8. The van der Waals surface area contributed by atoms with Crippen LogP contribution in [0, 0.1) is 25.7 Å². The topological polar surface area (TPSA) is 17.1 Å². The van der Waals surface area contributed by atoms with Crippen molar-refractivity contribution in [3.05, 3.63) is 70.8 Å². The van der Waals surface area contributed by atoms with Gasteiger partial charge >= 0.3 is 0 Å². The first-order valence-electron chi connectivity index (χ1n) is 9.94. The van der Waals surface area contributed by atoms with Crippen molar-refractivity contribution >= 4 is 5.78 Å². The first kappa shape index (κ1) is 20.4. The van der Waals surface area contributed by atoms with Gasteiger partial charge in [0.25, 0.3) is 0 Å². The van der Waals surface area contributed by atoms with Crippen LogP contribution in [0.4, 0.5) is 0 Å². The molecule has 0 aromatic heterocycles. The van der Waals surface area contributed by atoms with E-state index in [2.05, 4.69) is 90.1 Å². The summed E-state index contributed by atoms with van der Waals surface area (Å²) in [6, 6.07) is 17.3. The molecule has 0 N–H and O–H groups in total. The first-order valence-corrected chi connectivity index (χ1v) is 9.94. The lowest BCUT2D eigenvalue weighted by Gasteiger charge is -2.22. The third-order valence-electron chi connectivity index (χ3n) is 5.61. The van der Waals surface area contributed by atoms with Crippen LogP contribution in [0.1, 0.15) is 74.6 Å². The van der Waals surface area contributed by atoms with Gasteiger partial charge in [-0.25, -0.2) is 0 Å². The summed E-state index contributed by atoms with van der Waals surface area (Å²) in [7, 11) is 0. The normalized spacial score (nSPS) is 15.9. The van der Waals surface area contributed by atoms with Gasteiger partial charge in [0.15, 0.2) is 0 Å². The van der Waals surface area contributed by atoms with Crippen LogP contribution in [0.15, 0.2) is 48.5 Å². The molecule has 0 aliphatic carbocycles. The van der Waals surface area contributed by atoms with Crippen molar-refractivity contribution in [1.29, 1.82) is 0 Å². The Bertz CT molecular complexity index is 669. The summed E-state index contributed by atoms with van der Waals surface area (Å²) < 4.78 is 0. The molecule has 4 unspecified atom stereocenters. The third-order valence-corrected chi connectivity index (χ3v) is 5.61. The Kier molecular flexibility index (Phi) is 7.20. The second-order valence-corrected chi connectivity index (χ2v) is 8.31. The monoisotopic (exact) mass is 350 g/mol. The van der Waals surface area contributed by atoms with Crippen molar-refractivity contribution < 1.29 is 4.79 Å². The molecule has 0 saturated carbocycles. The smallest absolute Gasteiger partial charge is 0.138 e. The molecule has 4 atom stereocenters. The summed E-state index contributed by atoms with van der Waals surface area (Å²) in [4.78, 5) is 12.9.